The van der Waals surface area contributed by atoms with Crippen LogP contribution in [-0.2, 0) is 4.79 Å². The van der Waals surface area contributed by atoms with Gasteiger partial charge in [0.05, 0.1) is 0 Å². The van der Waals surface area contributed by atoms with Crippen LogP contribution in [0.15, 0.2) is 11.9 Å². The molecule has 2 N–H and O–H groups in total. The van der Waals surface area contributed by atoms with E-state index in [-0.39, 0.29) is 5.78 Å². The van der Waals surface area contributed by atoms with E-state index in [0.29, 0.717) is 5.82 Å². The first kappa shape index (κ1) is 8.68. The van der Waals surface area contributed by atoms with Gasteiger partial charge in [-0.05, 0) is 0 Å². The van der Waals surface area contributed by atoms with Gasteiger partial charge in [0.1, 0.15) is 5.82 Å². The lowest BCUT2D eigenvalue weighted by Gasteiger charge is -1.98. The molecule has 0 amide bonds. The maximum Gasteiger partial charge on any atom is 0.192 e. The van der Waals surface area contributed by atoms with E-state index in [2.05, 4.69) is 10.6 Å². The third-order valence-corrected chi connectivity index (χ3v) is 1.69. The minimum atomic E-state index is -0.966. The molecule has 3 nitrogen and oxygen atoms in total. The summed E-state index contributed by atoms with van der Waals surface area (Å²) in [6.45, 7) is 1.66. The van der Waals surface area contributed by atoms with E-state index in [0.717, 1.165) is 13.1 Å². The van der Waals surface area contributed by atoms with Gasteiger partial charge in [0, 0.05) is 19.2 Å². The molecule has 1 saturated heterocycles. The number of allylic oxidation sites excluding steroid dienone is 1. The van der Waals surface area contributed by atoms with Crippen LogP contribution < -0.4 is 10.6 Å². The fourth-order valence-corrected chi connectivity index (χ4v) is 0.890. The van der Waals surface area contributed by atoms with E-state index >= 15 is 0 Å². The lowest BCUT2D eigenvalue weighted by molar-refractivity contribution is -0.113. The molecule has 1 aliphatic heterocycles. The van der Waals surface area contributed by atoms with Crippen molar-refractivity contribution < 1.29 is 4.79 Å². The Hall–Kier alpha value is -0.410. The van der Waals surface area contributed by atoms with E-state index in [4.69, 9.17) is 23.2 Å². The summed E-state index contributed by atoms with van der Waals surface area (Å²) < 4.78 is 0. The van der Waals surface area contributed by atoms with Crippen LogP contribution in [0.2, 0.25) is 0 Å². The molecule has 0 aromatic heterocycles. The molecule has 0 spiro atoms. The number of hydrogen-bond donors (Lipinski definition) is 2. The first-order valence-corrected chi connectivity index (χ1v) is 4.09. The van der Waals surface area contributed by atoms with Gasteiger partial charge in [-0.25, -0.2) is 0 Å². The Morgan fingerprint density at radius 1 is 1.45 bits per heavy atom. The van der Waals surface area contributed by atoms with Crippen molar-refractivity contribution in [1.29, 1.82) is 0 Å². The molecule has 0 saturated carbocycles. The van der Waals surface area contributed by atoms with Crippen molar-refractivity contribution in [3.05, 3.63) is 11.9 Å². The van der Waals surface area contributed by atoms with Crippen LogP contribution in [-0.4, -0.2) is 23.7 Å². The maximum atomic E-state index is 10.9. The van der Waals surface area contributed by atoms with Crippen LogP contribution >= 0.6 is 23.2 Å². The molecular weight excluding hydrogens is 187 g/mol. The largest absolute Gasteiger partial charge is 0.370 e. The Morgan fingerprint density at radius 2 is 2.00 bits per heavy atom. The highest BCUT2D eigenvalue weighted by molar-refractivity contribution is 6.54. The number of rotatable bonds is 2. The topological polar surface area (TPSA) is 41.1 Å². The molecule has 1 heterocycles. The summed E-state index contributed by atoms with van der Waals surface area (Å²) in [5.74, 6) is 0.395. The van der Waals surface area contributed by atoms with Gasteiger partial charge in [0.25, 0.3) is 0 Å². The summed E-state index contributed by atoms with van der Waals surface area (Å²) in [6.07, 6.45) is 1.37. The second-order valence-electron chi connectivity index (χ2n) is 2.11. The van der Waals surface area contributed by atoms with Gasteiger partial charge >= 0.3 is 0 Å². The normalized spacial score (nSPS) is 16.1. The summed E-state index contributed by atoms with van der Waals surface area (Å²) in [4.78, 5) is 9.91. The number of nitrogens with one attached hydrogen (secondary N) is 2. The predicted molar refractivity (Wildman–Crippen MR) is 44.6 cm³/mol. The number of alkyl halides is 2. The molecule has 0 bridgehead atoms. The minimum absolute atomic E-state index is 0.301. The average molecular weight is 195 g/mol. The summed E-state index contributed by atoms with van der Waals surface area (Å²) in [5, 5.41) is 5.91. The number of halogens is 2. The molecule has 0 aliphatic carbocycles. The van der Waals surface area contributed by atoms with E-state index in [9.17, 15) is 4.79 Å². The minimum Gasteiger partial charge on any atom is -0.370 e. The van der Waals surface area contributed by atoms with Crippen molar-refractivity contribution >= 4 is 29.0 Å². The van der Waals surface area contributed by atoms with Crippen molar-refractivity contribution in [3.8, 4) is 0 Å². The lowest BCUT2D eigenvalue weighted by Crippen LogP contribution is -2.14. The number of carbonyl (C=O) groups is 1. The Kier molecular flexibility index (Phi) is 3.02. The number of ketones is 1. The smallest absolute Gasteiger partial charge is 0.192 e. The van der Waals surface area contributed by atoms with Crippen LogP contribution in [0.4, 0.5) is 0 Å². The van der Waals surface area contributed by atoms with Crippen molar-refractivity contribution in [2.75, 3.05) is 13.1 Å². The molecule has 5 heteroatoms. The number of carbonyl (C=O) groups excluding carboxylic acids is 1. The van der Waals surface area contributed by atoms with Crippen molar-refractivity contribution in [2.24, 2.45) is 0 Å². The van der Waals surface area contributed by atoms with Crippen LogP contribution in [0.1, 0.15) is 0 Å². The highest BCUT2D eigenvalue weighted by Gasteiger charge is 2.11. The van der Waals surface area contributed by atoms with Crippen molar-refractivity contribution in [2.45, 2.75) is 4.84 Å². The standard InChI is InChI=1S/C6H8Cl2N2O/c7-6(8)4(11)3-5-9-1-2-10-5/h3,6,9-10H,1-2H2. The lowest BCUT2D eigenvalue weighted by atomic mass is 10.4. The second-order valence-corrected chi connectivity index (χ2v) is 3.21. The summed E-state index contributed by atoms with van der Waals surface area (Å²) in [7, 11) is 0. The van der Waals surface area contributed by atoms with Gasteiger partial charge in [-0.15, -0.1) is 0 Å². The van der Waals surface area contributed by atoms with Gasteiger partial charge < -0.3 is 10.6 Å². The molecule has 0 unspecified atom stereocenters. The molecule has 1 aliphatic rings. The van der Waals surface area contributed by atoms with E-state index in [1.807, 2.05) is 0 Å². The van der Waals surface area contributed by atoms with Crippen molar-refractivity contribution in [3.63, 3.8) is 0 Å². The molecule has 62 valence electrons. The molecule has 0 aromatic carbocycles. The van der Waals surface area contributed by atoms with Gasteiger partial charge in [0.2, 0.25) is 0 Å². The van der Waals surface area contributed by atoms with Gasteiger partial charge in [0.15, 0.2) is 10.6 Å². The third kappa shape index (κ3) is 2.60. The predicted octanol–water partition coefficient (Wildman–Crippen LogP) is 0.393. The van der Waals surface area contributed by atoms with Crippen LogP contribution in [0, 0.1) is 0 Å². The van der Waals surface area contributed by atoms with Gasteiger partial charge in [-0.1, -0.05) is 23.2 Å². The zero-order valence-corrected chi connectivity index (χ0v) is 7.24. The SMILES string of the molecule is O=C(C=C1NCCN1)C(Cl)Cl. The molecule has 1 fully saturated rings. The average Bonchev–Trinajstić information content (AvgIpc) is 2.39. The fraction of sp³-hybridized carbons (Fsp3) is 0.500. The third-order valence-electron chi connectivity index (χ3n) is 1.26. The summed E-state index contributed by atoms with van der Waals surface area (Å²) in [5.41, 5.74) is 0. The van der Waals surface area contributed by atoms with Crippen LogP contribution in [0.3, 0.4) is 0 Å². The van der Waals surface area contributed by atoms with Gasteiger partial charge in [-0.2, -0.15) is 0 Å². The monoisotopic (exact) mass is 194 g/mol. The molecular formula is C6H8Cl2N2O. The summed E-state index contributed by atoms with van der Waals surface area (Å²) in [6, 6.07) is 0. The van der Waals surface area contributed by atoms with E-state index in [1.165, 1.54) is 6.08 Å². The Balaban J connectivity index is 2.50. The fourth-order valence-electron chi connectivity index (χ4n) is 0.764. The zero-order valence-electron chi connectivity index (χ0n) is 5.73. The van der Waals surface area contributed by atoms with Crippen molar-refractivity contribution in [1.82, 2.24) is 10.6 Å². The Bertz CT molecular complexity index is 183. The number of hydrogen-bond acceptors (Lipinski definition) is 3. The molecule has 1 rings (SSSR count). The molecule has 0 radical (unpaired) electrons. The van der Waals surface area contributed by atoms with E-state index in [1.54, 1.807) is 0 Å². The molecule has 11 heavy (non-hydrogen) atoms. The highest BCUT2D eigenvalue weighted by Crippen LogP contribution is 2.04. The maximum absolute atomic E-state index is 10.9. The zero-order chi connectivity index (χ0) is 8.27. The first-order valence-electron chi connectivity index (χ1n) is 3.21. The van der Waals surface area contributed by atoms with E-state index < -0.39 is 4.84 Å². The van der Waals surface area contributed by atoms with Crippen LogP contribution in [0.5, 0.6) is 0 Å². The Labute approximate surface area is 74.7 Å². The van der Waals surface area contributed by atoms with Gasteiger partial charge in [-0.3, -0.25) is 4.79 Å². The molecule has 0 aromatic rings. The summed E-state index contributed by atoms with van der Waals surface area (Å²) >= 11 is 10.6. The highest BCUT2D eigenvalue weighted by atomic mass is 35.5. The molecule has 0 atom stereocenters. The Morgan fingerprint density at radius 3 is 2.45 bits per heavy atom. The van der Waals surface area contributed by atoms with Crippen LogP contribution in [0.25, 0.3) is 0 Å². The first-order chi connectivity index (χ1) is 5.20. The second kappa shape index (κ2) is 3.83. The quantitative estimate of drug-likeness (QED) is 0.494.